The van der Waals surface area contributed by atoms with E-state index in [4.69, 9.17) is 10.5 Å². The van der Waals surface area contributed by atoms with Crippen LogP contribution in [0.4, 0.5) is 0 Å². The zero-order chi connectivity index (χ0) is 19.7. The van der Waals surface area contributed by atoms with Gasteiger partial charge in [0, 0.05) is 10.8 Å². The topological polar surface area (TPSA) is 164 Å². The Morgan fingerprint density at radius 2 is 1.04 bits per heavy atom. The molecule has 0 amide bonds. The van der Waals surface area contributed by atoms with Gasteiger partial charge in [-0.15, -0.1) is 0 Å². The van der Waals surface area contributed by atoms with Crippen LogP contribution in [0, 0.1) is 45.3 Å². The Balaban J connectivity index is 2.06. The minimum atomic E-state index is -0.559. The Kier molecular flexibility index (Phi) is 2.59. The van der Waals surface area contributed by atoms with Gasteiger partial charge in [-0.2, -0.15) is 21.0 Å². The molecule has 1 aromatic carbocycles. The average molecular weight is 362 g/mol. The van der Waals surface area contributed by atoms with Crippen molar-refractivity contribution in [1.29, 1.82) is 21.0 Å². The van der Waals surface area contributed by atoms with Crippen LogP contribution in [0.3, 0.4) is 0 Å². The summed E-state index contributed by atoms with van der Waals surface area (Å²) in [5.41, 5.74) is -1.62. The first-order valence-electron chi connectivity index (χ1n) is 7.69. The summed E-state index contributed by atoms with van der Waals surface area (Å²) in [5, 5.41) is 37.8. The Morgan fingerprint density at radius 3 is 1.36 bits per heavy atom. The number of rotatable bonds is 0. The summed E-state index contributed by atoms with van der Waals surface area (Å²) in [6, 6.07) is 10.0. The van der Waals surface area contributed by atoms with E-state index in [1.807, 2.05) is 0 Å². The standard InChI is InChI=1S/C18H2N8O2/c19-3-11-13(5-21)25-15(23-11)7-1-9-8(2-10(7)18(25)28)16-24-12(4-20)14(6-22)26(16)17(9)27/h1-2H. The van der Waals surface area contributed by atoms with Gasteiger partial charge in [0.25, 0.3) is 11.1 Å². The molecule has 10 nitrogen and oxygen atoms in total. The van der Waals surface area contributed by atoms with Gasteiger partial charge in [-0.25, -0.2) is 18.8 Å². The molecule has 5 aromatic rings. The predicted octanol–water partition coefficient (Wildman–Crippen LogP) is 0.371. The second-order valence-corrected chi connectivity index (χ2v) is 5.94. The first kappa shape index (κ1) is 15.2. The van der Waals surface area contributed by atoms with E-state index < -0.39 is 11.1 Å². The number of fused-ring (bicyclic) bond motifs is 6. The van der Waals surface area contributed by atoms with E-state index in [9.17, 15) is 20.1 Å². The largest absolute Gasteiger partial charge is 0.268 e. The maximum Gasteiger partial charge on any atom is 0.265 e. The van der Waals surface area contributed by atoms with Gasteiger partial charge in [0.05, 0.1) is 10.8 Å². The van der Waals surface area contributed by atoms with Crippen molar-refractivity contribution < 1.29 is 0 Å². The smallest absolute Gasteiger partial charge is 0.265 e. The number of benzene rings is 1. The Morgan fingerprint density at radius 1 is 0.643 bits per heavy atom. The molecule has 0 spiro atoms. The summed E-state index contributed by atoms with van der Waals surface area (Å²) >= 11 is 0. The van der Waals surface area contributed by atoms with E-state index in [0.717, 1.165) is 8.80 Å². The maximum absolute atomic E-state index is 12.8. The molecule has 126 valence electrons. The Labute approximate surface area is 153 Å². The van der Waals surface area contributed by atoms with Crippen LogP contribution in [0.25, 0.3) is 32.8 Å². The van der Waals surface area contributed by atoms with E-state index in [0.29, 0.717) is 10.8 Å². The number of nitrogens with zero attached hydrogens (tertiary/aromatic N) is 8. The highest BCUT2D eigenvalue weighted by Gasteiger charge is 2.24. The van der Waals surface area contributed by atoms with Crippen LogP contribution < -0.4 is 11.1 Å². The minimum Gasteiger partial charge on any atom is -0.268 e. The van der Waals surface area contributed by atoms with Gasteiger partial charge in [0.2, 0.25) is 0 Å². The number of hydrogen-bond acceptors (Lipinski definition) is 8. The van der Waals surface area contributed by atoms with Crippen molar-refractivity contribution in [3.8, 4) is 24.3 Å². The lowest BCUT2D eigenvalue weighted by atomic mass is 10.1. The fourth-order valence-corrected chi connectivity index (χ4v) is 3.52. The van der Waals surface area contributed by atoms with Crippen molar-refractivity contribution in [2.45, 2.75) is 0 Å². The molecule has 0 aliphatic heterocycles. The van der Waals surface area contributed by atoms with Crippen LogP contribution in [-0.2, 0) is 0 Å². The van der Waals surface area contributed by atoms with Crippen molar-refractivity contribution in [2.75, 3.05) is 0 Å². The molecule has 0 fully saturated rings. The van der Waals surface area contributed by atoms with Crippen molar-refractivity contribution >= 4 is 32.8 Å². The van der Waals surface area contributed by atoms with Gasteiger partial charge in [-0.05, 0) is 12.1 Å². The summed E-state index contributed by atoms with van der Waals surface area (Å²) in [6.07, 6.45) is 0. The van der Waals surface area contributed by atoms with Crippen LogP contribution >= 0.6 is 0 Å². The van der Waals surface area contributed by atoms with Gasteiger partial charge >= 0.3 is 0 Å². The molecule has 5 rings (SSSR count). The molecule has 0 unspecified atom stereocenters. The van der Waals surface area contributed by atoms with Crippen molar-refractivity contribution in [3.63, 3.8) is 0 Å². The monoisotopic (exact) mass is 362 g/mol. The quantitative estimate of drug-likeness (QED) is 0.381. The lowest BCUT2D eigenvalue weighted by molar-refractivity contribution is 1.13. The molecular weight excluding hydrogens is 360 g/mol. The van der Waals surface area contributed by atoms with Crippen molar-refractivity contribution in [1.82, 2.24) is 18.8 Å². The third kappa shape index (κ3) is 1.48. The fourth-order valence-electron chi connectivity index (χ4n) is 3.52. The Hall–Kier alpha value is -5.06. The number of hydrogen-bond donors (Lipinski definition) is 0. The lowest BCUT2D eigenvalue weighted by Crippen LogP contribution is -2.08. The maximum atomic E-state index is 12.8. The molecule has 0 saturated heterocycles. The zero-order valence-corrected chi connectivity index (χ0v) is 13.5. The van der Waals surface area contributed by atoms with Gasteiger partial charge in [-0.3, -0.25) is 9.59 Å². The number of imidazole rings is 2. The van der Waals surface area contributed by atoms with Crippen molar-refractivity contribution in [3.05, 3.63) is 55.6 Å². The highest BCUT2D eigenvalue weighted by atomic mass is 16.1. The van der Waals surface area contributed by atoms with Crippen LogP contribution in [0.2, 0.25) is 0 Å². The summed E-state index contributed by atoms with van der Waals surface area (Å²) in [4.78, 5) is 33.7. The van der Waals surface area contributed by atoms with Crippen LogP contribution in [0.15, 0.2) is 21.7 Å². The third-order valence-electron chi connectivity index (χ3n) is 4.68. The van der Waals surface area contributed by atoms with Crippen LogP contribution in [0.1, 0.15) is 22.8 Å². The highest BCUT2D eigenvalue weighted by molar-refractivity contribution is 6.09. The fraction of sp³-hybridized carbons (Fsp3) is 0. The van der Waals surface area contributed by atoms with Crippen LogP contribution in [-0.4, -0.2) is 18.8 Å². The molecule has 0 radical (unpaired) electrons. The molecule has 0 saturated carbocycles. The number of aromatic nitrogens is 4. The summed E-state index contributed by atoms with van der Waals surface area (Å²) in [6.45, 7) is 0. The molecule has 10 heteroatoms. The SMILES string of the molecule is N#Cc1nc2c3cc4c(=O)n5c(C#N)c(C#N)nc5c4cc3c(=O)n2c1C#N. The molecule has 4 heterocycles. The van der Waals surface area contributed by atoms with E-state index in [1.165, 1.54) is 12.1 Å². The van der Waals surface area contributed by atoms with E-state index in [2.05, 4.69) is 9.97 Å². The van der Waals surface area contributed by atoms with Gasteiger partial charge in [-0.1, -0.05) is 0 Å². The summed E-state index contributed by atoms with van der Waals surface area (Å²) in [5.74, 6) is 0. The lowest BCUT2D eigenvalue weighted by Gasteiger charge is -1.90. The van der Waals surface area contributed by atoms with E-state index >= 15 is 0 Å². The molecule has 4 aromatic heterocycles. The second kappa shape index (κ2) is 4.76. The first-order valence-corrected chi connectivity index (χ1v) is 7.69. The molecule has 0 bridgehead atoms. The zero-order valence-electron chi connectivity index (χ0n) is 13.5. The van der Waals surface area contributed by atoms with E-state index in [1.54, 1.807) is 24.3 Å². The molecular formula is C18H2N8O2. The summed E-state index contributed by atoms with van der Waals surface area (Å²) in [7, 11) is 0. The Bertz CT molecular complexity index is 1660. The normalized spacial score (nSPS) is 11.0. The van der Waals surface area contributed by atoms with E-state index in [-0.39, 0.29) is 44.8 Å². The van der Waals surface area contributed by atoms with Gasteiger partial charge < -0.3 is 0 Å². The first-order chi connectivity index (χ1) is 13.5. The van der Waals surface area contributed by atoms with Gasteiger partial charge in [0.1, 0.15) is 24.3 Å². The third-order valence-corrected chi connectivity index (χ3v) is 4.68. The summed E-state index contributed by atoms with van der Waals surface area (Å²) < 4.78 is 2.08. The molecule has 0 aliphatic rings. The van der Waals surface area contributed by atoms with Crippen molar-refractivity contribution in [2.24, 2.45) is 0 Å². The highest BCUT2D eigenvalue weighted by Crippen LogP contribution is 2.28. The molecule has 0 aliphatic carbocycles. The number of nitriles is 4. The predicted molar refractivity (Wildman–Crippen MR) is 92.7 cm³/mol. The molecule has 28 heavy (non-hydrogen) atoms. The van der Waals surface area contributed by atoms with Gasteiger partial charge in [0.15, 0.2) is 34.1 Å². The minimum absolute atomic E-state index is 0.103. The van der Waals surface area contributed by atoms with Crippen LogP contribution in [0.5, 0.6) is 0 Å². The average Bonchev–Trinajstić information content (AvgIpc) is 3.41. The second-order valence-electron chi connectivity index (χ2n) is 5.94. The molecule has 0 N–H and O–H groups in total. The molecule has 0 atom stereocenters.